The molecule has 8 heteroatoms. The molecule has 0 spiro atoms. The third-order valence-corrected chi connectivity index (χ3v) is 3.48. The van der Waals surface area contributed by atoms with Gasteiger partial charge < -0.3 is 14.2 Å². The van der Waals surface area contributed by atoms with Gasteiger partial charge in [0, 0.05) is 25.2 Å². The van der Waals surface area contributed by atoms with E-state index < -0.39 is 23.7 Å². The maximum atomic E-state index is 12.4. The number of hydrogen-bond donors (Lipinski definition) is 0. The molecule has 1 amide bonds. The van der Waals surface area contributed by atoms with Crippen molar-refractivity contribution in [2.24, 2.45) is 0 Å². The molecule has 1 heterocycles. The fraction of sp³-hybridized carbons (Fsp3) is 0.611. The van der Waals surface area contributed by atoms with Gasteiger partial charge in [-0.05, 0) is 40.7 Å². The number of pyridine rings is 1. The SMILES string of the molecule is COC(=O)[C@H](Cc1cc(Cl)cnc1OC(C)C)N(C)C(=O)OC(C)(C)C. The number of hydrogen-bond acceptors (Lipinski definition) is 6. The van der Waals surface area contributed by atoms with Gasteiger partial charge in [-0.3, -0.25) is 4.90 Å². The van der Waals surface area contributed by atoms with Crippen LogP contribution < -0.4 is 4.74 Å². The molecule has 0 radical (unpaired) electrons. The summed E-state index contributed by atoms with van der Waals surface area (Å²) in [4.78, 5) is 30.0. The maximum absolute atomic E-state index is 12.4. The Bertz CT molecular complexity index is 643. The Morgan fingerprint density at radius 2 is 1.92 bits per heavy atom. The molecule has 1 aromatic heterocycles. The smallest absolute Gasteiger partial charge is 0.410 e. The molecule has 0 aliphatic carbocycles. The van der Waals surface area contributed by atoms with E-state index in [1.165, 1.54) is 25.3 Å². The van der Waals surface area contributed by atoms with E-state index in [0.29, 0.717) is 16.5 Å². The van der Waals surface area contributed by atoms with Crippen molar-refractivity contribution in [3.05, 3.63) is 22.8 Å². The van der Waals surface area contributed by atoms with Crippen LogP contribution in [0.15, 0.2) is 12.3 Å². The number of aromatic nitrogens is 1. The van der Waals surface area contributed by atoms with Gasteiger partial charge >= 0.3 is 12.1 Å². The summed E-state index contributed by atoms with van der Waals surface area (Å²) in [7, 11) is 2.75. The average Bonchev–Trinajstić information content (AvgIpc) is 2.51. The van der Waals surface area contributed by atoms with Crippen molar-refractivity contribution in [1.29, 1.82) is 0 Å². The maximum Gasteiger partial charge on any atom is 0.410 e. The predicted octanol–water partition coefficient (Wildman–Crippen LogP) is 3.47. The quantitative estimate of drug-likeness (QED) is 0.696. The van der Waals surface area contributed by atoms with Gasteiger partial charge in [0.1, 0.15) is 11.6 Å². The number of carbonyl (C=O) groups excluding carboxylic acids is 2. The first-order valence-corrected chi connectivity index (χ1v) is 8.67. The lowest BCUT2D eigenvalue weighted by atomic mass is 10.1. The number of esters is 1. The van der Waals surface area contributed by atoms with E-state index in [-0.39, 0.29) is 12.5 Å². The molecular formula is C18H27ClN2O5. The van der Waals surface area contributed by atoms with Crippen molar-refractivity contribution >= 4 is 23.7 Å². The van der Waals surface area contributed by atoms with Gasteiger partial charge in [0.15, 0.2) is 0 Å². The molecule has 0 bridgehead atoms. The van der Waals surface area contributed by atoms with Crippen LogP contribution in [0, 0.1) is 0 Å². The predicted molar refractivity (Wildman–Crippen MR) is 98.5 cm³/mol. The highest BCUT2D eigenvalue weighted by molar-refractivity contribution is 6.30. The van der Waals surface area contributed by atoms with Gasteiger partial charge in [-0.2, -0.15) is 0 Å². The fourth-order valence-corrected chi connectivity index (χ4v) is 2.31. The Morgan fingerprint density at radius 1 is 1.31 bits per heavy atom. The first-order chi connectivity index (χ1) is 11.9. The third-order valence-electron chi connectivity index (χ3n) is 3.27. The molecule has 1 atom stereocenters. The van der Waals surface area contributed by atoms with Crippen LogP contribution in [-0.2, 0) is 20.7 Å². The zero-order valence-corrected chi connectivity index (χ0v) is 17.1. The average molecular weight is 387 g/mol. The summed E-state index contributed by atoms with van der Waals surface area (Å²) < 4.78 is 15.9. The molecule has 0 unspecified atom stereocenters. The Kier molecular flexibility index (Phi) is 7.68. The van der Waals surface area contributed by atoms with Crippen LogP contribution in [0.3, 0.4) is 0 Å². The second-order valence-electron chi connectivity index (χ2n) is 7.12. The molecule has 0 aliphatic heterocycles. The first-order valence-electron chi connectivity index (χ1n) is 8.29. The number of nitrogens with zero attached hydrogens (tertiary/aromatic N) is 2. The van der Waals surface area contributed by atoms with Gasteiger partial charge in [-0.25, -0.2) is 14.6 Å². The Labute approximate surface area is 159 Å². The Morgan fingerprint density at radius 3 is 2.42 bits per heavy atom. The molecule has 0 N–H and O–H groups in total. The van der Waals surface area contributed by atoms with E-state index >= 15 is 0 Å². The number of halogens is 1. The van der Waals surface area contributed by atoms with E-state index in [0.717, 1.165) is 0 Å². The molecule has 0 saturated carbocycles. The topological polar surface area (TPSA) is 78.0 Å². The molecular weight excluding hydrogens is 360 g/mol. The minimum atomic E-state index is -0.912. The third kappa shape index (κ3) is 6.71. The molecule has 146 valence electrons. The van der Waals surface area contributed by atoms with E-state index in [1.807, 2.05) is 13.8 Å². The first kappa shape index (κ1) is 22.0. The minimum absolute atomic E-state index is 0.109. The van der Waals surface area contributed by atoms with E-state index in [9.17, 15) is 9.59 Å². The fourth-order valence-electron chi connectivity index (χ4n) is 2.13. The minimum Gasteiger partial charge on any atom is -0.475 e. The van der Waals surface area contributed by atoms with Crippen LogP contribution in [-0.4, -0.2) is 53.9 Å². The summed E-state index contributed by atoms with van der Waals surface area (Å²) >= 11 is 6.04. The van der Waals surface area contributed by atoms with E-state index in [1.54, 1.807) is 26.8 Å². The second-order valence-corrected chi connectivity index (χ2v) is 7.56. The van der Waals surface area contributed by atoms with Gasteiger partial charge in [-0.15, -0.1) is 0 Å². The Balaban J connectivity index is 3.14. The van der Waals surface area contributed by atoms with E-state index in [2.05, 4.69) is 4.98 Å². The summed E-state index contributed by atoms with van der Waals surface area (Å²) in [5.41, 5.74) is -0.0905. The molecule has 0 fully saturated rings. The summed E-state index contributed by atoms with van der Waals surface area (Å²) in [5, 5.41) is 0.402. The van der Waals surface area contributed by atoms with Crippen LogP contribution in [0.1, 0.15) is 40.2 Å². The monoisotopic (exact) mass is 386 g/mol. The lowest BCUT2D eigenvalue weighted by Gasteiger charge is -2.29. The number of rotatable bonds is 6. The lowest BCUT2D eigenvalue weighted by molar-refractivity contribution is -0.146. The van der Waals surface area contributed by atoms with Crippen molar-refractivity contribution in [1.82, 2.24) is 9.88 Å². The molecule has 1 aromatic rings. The molecule has 0 aromatic carbocycles. The number of methoxy groups -OCH3 is 1. The van der Waals surface area contributed by atoms with Crippen LogP contribution >= 0.6 is 11.6 Å². The van der Waals surface area contributed by atoms with Crippen LogP contribution in [0.5, 0.6) is 5.88 Å². The van der Waals surface area contributed by atoms with E-state index in [4.69, 9.17) is 25.8 Å². The highest BCUT2D eigenvalue weighted by Crippen LogP contribution is 2.24. The van der Waals surface area contributed by atoms with Crippen molar-refractivity contribution in [2.45, 2.75) is 58.8 Å². The van der Waals surface area contributed by atoms with Gasteiger partial charge in [0.25, 0.3) is 0 Å². The zero-order valence-electron chi connectivity index (χ0n) is 16.3. The van der Waals surface area contributed by atoms with Crippen molar-refractivity contribution in [3.8, 4) is 5.88 Å². The number of ether oxygens (including phenoxy) is 3. The summed E-state index contributed by atoms with van der Waals surface area (Å²) in [6.45, 7) is 8.99. The largest absolute Gasteiger partial charge is 0.475 e. The molecule has 26 heavy (non-hydrogen) atoms. The van der Waals surface area contributed by atoms with Crippen molar-refractivity contribution < 1.29 is 23.8 Å². The molecule has 1 rings (SSSR count). The lowest BCUT2D eigenvalue weighted by Crippen LogP contribution is -2.46. The summed E-state index contributed by atoms with van der Waals surface area (Å²) in [6.07, 6.45) is 0.850. The van der Waals surface area contributed by atoms with Crippen LogP contribution in [0.2, 0.25) is 5.02 Å². The summed E-state index contributed by atoms with van der Waals surface area (Å²) in [5.74, 6) is -0.218. The highest BCUT2D eigenvalue weighted by Gasteiger charge is 2.32. The normalized spacial score (nSPS) is 12.5. The van der Waals surface area contributed by atoms with Gasteiger partial charge in [-0.1, -0.05) is 11.6 Å². The van der Waals surface area contributed by atoms with Crippen LogP contribution in [0.25, 0.3) is 0 Å². The van der Waals surface area contributed by atoms with Crippen molar-refractivity contribution in [3.63, 3.8) is 0 Å². The number of carbonyl (C=O) groups is 2. The molecule has 0 aliphatic rings. The standard InChI is InChI=1S/C18H27ClN2O5/c1-11(2)25-15-12(8-13(19)10-20-15)9-14(16(22)24-7)21(6)17(23)26-18(3,4)5/h8,10-11,14H,9H2,1-7H3/t14-/m0/s1. The van der Waals surface area contributed by atoms with Crippen molar-refractivity contribution in [2.75, 3.05) is 14.2 Å². The highest BCUT2D eigenvalue weighted by atomic mass is 35.5. The van der Waals surface area contributed by atoms with Gasteiger partial charge in [0.05, 0.1) is 18.2 Å². The Hall–Kier alpha value is -2.02. The molecule has 7 nitrogen and oxygen atoms in total. The zero-order chi connectivity index (χ0) is 20.1. The van der Waals surface area contributed by atoms with Gasteiger partial charge in [0.2, 0.25) is 5.88 Å². The second kappa shape index (κ2) is 9.07. The molecule has 0 saturated heterocycles. The van der Waals surface area contributed by atoms with Crippen LogP contribution in [0.4, 0.5) is 4.79 Å². The summed E-state index contributed by atoms with van der Waals surface area (Å²) in [6, 6.07) is 0.745. The number of amides is 1. The number of likely N-dealkylation sites (N-methyl/N-ethyl adjacent to an activating group) is 1.